The summed E-state index contributed by atoms with van der Waals surface area (Å²) in [6, 6.07) is 23.0. The quantitative estimate of drug-likeness (QED) is 0.281. The normalized spacial score (nSPS) is 17.4. The molecule has 3 heterocycles. The van der Waals surface area contributed by atoms with E-state index in [1.54, 1.807) is 0 Å². The highest BCUT2D eigenvalue weighted by Crippen LogP contribution is 2.44. The summed E-state index contributed by atoms with van der Waals surface area (Å²) in [6.45, 7) is 12.8. The van der Waals surface area contributed by atoms with Gasteiger partial charge in [-0.3, -0.25) is 4.98 Å². The summed E-state index contributed by atoms with van der Waals surface area (Å²) in [4.78, 5) is 6.94. The van der Waals surface area contributed by atoms with Gasteiger partial charge < -0.3 is 19.5 Å². The van der Waals surface area contributed by atoms with Crippen molar-refractivity contribution in [2.45, 2.75) is 59.7 Å². The van der Waals surface area contributed by atoms with Crippen molar-refractivity contribution in [2.75, 3.05) is 4.90 Å². The van der Waals surface area contributed by atoms with Crippen molar-refractivity contribution in [2.24, 2.45) is 0 Å². The van der Waals surface area contributed by atoms with Crippen molar-refractivity contribution in [3.63, 3.8) is 0 Å². The number of anilines is 1. The first-order valence-electron chi connectivity index (χ1n) is 12.8. The molecule has 2 aromatic heterocycles. The van der Waals surface area contributed by atoms with Gasteiger partial charge in [-0.2, -0.15) is 0 Å². The van der Waals surface area contributed by atoms with Gasteiger partial charge in [-0.25, -0.2) is 0 Å². The second-order valence-electron chi connectivity index (χ2n) is 10.1. The first-order valence-corrected chi connectivity index (χ1v) is 13.2. The van der Waals surface area contributed by atoms with Crippen molar-refractivity contribution in [1.82, 2.24) is 14.9 Å². The van der Waals surface area contributed by atoms with Crippen LogP contribution in [0.2, 0.25) is 0 Å². The molecular weight excluding hydrogens is 476 g/mol. The Morgan fingerprint density at radius 2 is 1.70 bits per heavy atom. The highest BCUT2D eigenvalue weighted by atomic mass is 32.1. The number of benzene rings is 2. The van der Waals surface area contributed by atoms with E-state index in [2.05, 4.69) is 84.9 Å². The molecule has 6 heteroatoms. The molecule has 5 nitrogen and oxygen atoms in total. The first kappa shape index (κ1) is 25.0. The predicted octanol–water partition coefficient (Wildman–Crippen LogP) is 7.07. The predicted molar refractivity (Wildman–Crippen MR) is 155 cm³/mol. The van der Waals surface area contributed by atoms with Gasteiger partial charge in [0.05, 0.1) is 23.9 Å². The van der Waals surface area contributed by atoms with Gasteiger partial charge in [0.2, 0.25) is 0 Å². The van der Waals surface area contributed by atoms with E-state index in [-0.39, 0.29) is 18.2 Å². The second-order valence-corrected chi connectivity index (χ2v) is 10.5. The molecule has 0 spiro atoms. The van der Waals surface area contributed by atoms with Crippen molar-refractivity contribution < 1.29 is 4.74 Å². The molecule has 1 saturated heterocycles. The van der Waals surface area contributed by atoms with E-state index >= 15 is 0 Å². The number of aromatic nitrogens is 2. The zero-order valence-corrected chi connectivity index (χ0v) is 23.1. The summed E-state index contributed by atoms with van der Waals surface area (Å²) < 4.78 is 8.26. The van der Waals surface area contributed by atoms with E-state index < -0.39 is 0 Å². The molecule has 1 aliphatic rings. The molecule has 0 amide bonds. The Morgan fingerprint density at radius 1 is 0.946 bits per heavy atom. The summed E-state index contributed by atoms with van der Waals surface area (Å²) in [5, 5.41) is 4.27. The number of aryl methyl sites for hydroxylation is 3. The third kappa shape index (κ3) is 4.74. The fourth-order valence-electron chi connectivity index (χ4n) is 5.32. The van der Waals surface area contributed by atoms with E-state index in [0.29, 0.717) is 5.11 Å². The Balaban J connectivity index is 1.64. The van der Waals surface area contributed by atoms with Crippen LogP contribution >= 0.6 is 12.2 Å². The lowest BCUT2D eigenvalue weighted by Crippen LogP contribution is -2.29. The Hall–Kier alpha value is -3.64. The number of nitrogens with zero attached hydrogens (tertiary/aromatic N) is 3. The molecule has 2 atom stereocenters. The van der Waals surface area contributed by atoms with Gasteiger partial charge in [0.25, 0.3) is 0 Å². The molecule has 0 aliphatic carbocycles. The highest BCUT2D eigenvalue weighted by Gasteiger charge is 2.42. The summed E-state index contributed by atoms with van der Waals surface area (Å²) in [5.74, 6) is 0.850. The maximum absolute atomic E-state index is 5.94. The van der Waals surface area contributed by atoms with Crippen LogP contribution in [0.4, 0.5) is 5.69 Å². The summed E-state index contributed by atoms with van der Waals surface area (Å²) >= 11 is 5.94. The topological polar surface area (TPSA) is 42.3 Å². The van der Waals surface area contributed by atoms with Crippen LogP contribution in [0.5, 0.6) is 5.75 Å². The van der Waals surface area contributed by atoms with Crippen LogP contribution in [0.15, 0.2) is 72.9 Å². The molecule has 0 saturated carbocycles. The largest absolute Gasteiger partial charge is 0.491 e. The lowest BCUT2D eigenvalue weighted by Gasteiger charge is -2.28. The van der Waals surface area contributed by atoms with E-state index in [1.165, 1.54) is 33.8 Å². The number of nitrogens with one attached hydrogen (secondary N) is 1. The second kappa shape index (κ2) is 10.0. The van der Waals surface area contributed by atoms with Crippen LogP contribution in [0.25, 0.3) is 5.69 Å². The van der Waals surface area contributed by atoms with Crippen molar-refractivity contribution >= 4 is 23.0 Å². The van der Waals surface area contributed by atoms with Gasteiger partial charge in [-0.15, -0.1) is 0 Å². The molecule has 2 aromatic carbocycles. The summed E-state index contributed by atoms with van der Waals surface area (Å²) in [6.07, 6.45) is 1.97. The number of rotatable bonds is 6. The minimum Gasteiger partial charge on any atom is -0.491 e. The zero-order chi connectivity index (χ0) is 26.3. The number of thiocarbonyl (C=S) groups is 1. The van der Waals surface area contributed by atoms with Gasteiger partial charge in [0, 0.05) is 29.0 Å². The Bertz CT molecular complexity index is 1430. The standard InChI is InChI=1S/C31H34N4OS/c1-19(2)36-25-14-12-24(13-15-25)35-30(29(33-31(35)37)27-9-7-8-16-32-27)26-18-22(5)34(23(26)6)28-17-20(3)10-11-21(28)4/h7-19,29-30H,1-6H3,(H,33,37)/t29-,30-/m0/s1. The average molecular weight is 511 g/mol. The van der Waals surface area contributed by atoms with Crippen LogP contribution in [-0.4, -0.2) is 20.8 Å². The monoisotopic (exact) mass is 510 g/mol. The van der Waals surface area contributed by atoms with E-state index in [0.717, 1.165) is 17.1 Å². The van der Waals surface area contributed by atoms with E-state index in [1.807, 2.05) is 44.3 Å². The van der Waals surface area contributed by atoms with Crippen LogP contribution in [0.1, 0.15) is 59.7 Å². The highest BCUT2D eigenvalue weighted by molar-refractivity contribution is 7.80. The van der Waals surface area contributed by atoms with Crippen LogP contribution in [0.3, 0.4) is 0 Å². The molecule has 37 heavy (non-hydrogen) atoms. The van der Waals surface area contributed by atoms with Crippen molar-refractivity contribution in [3.05, 3.63) is 107 Å². The Morgan fingerprint density at radius 3 is 2.38 bits per heavy atom. The average Bonchev–Trinajstić information content (AvgIpc) is 3.36. The molecule has 0 unspecified atom stereocenters. The molecular formula is C31H34N4OS. The molecule has 0 bridgehead atoms. The maximum Gasteiger partial charge on any atom is 0.174 e. The van der Waals surface area contributed by atoms with Crippen LogP contribution in [-0.2, 0) is 0 Å². The zero-order valence-electron chi connectivity index (χ0n) is 22.3. The van der Waals surface area contributed by atoms with Crippen LogP contribution in [0, 0.1) is 27.7 Å². The molecule has 4 aromatic rings. The van der Waals surface area contributed by atoms with E-state index in [9.17, 15) is 0 Å². The van der Waals surface area contributed by atoms with Gasteiger partial charge >= 0.3 is 0 Å². The molecule has 5 rings (SSSR count). The first-order chi connectivity index (χ1) is 17.7. The minimum absolute atomic E-state index is 0.0654. The summed E-state index contributed by atoms with van der Waals surface area (Å²) in [5.41, 5.74) is 9.32. The third-order valence-corrected chi connectivity index (χ3v) is 7.29. The fourth-order valence-corrected chi connectivity index (χ4v) is 5.67. The number of hydrogen-bond donors (Lipinski definition) is 1. The molecule has 0 radical (unpaired) electrons. The number of hydrogen-bond acceptors (Lipinski definition) is 3. The smallest absolute Gasteiger partial charge is 0.174 e. The van der Waals surface area contributed by atoms with Gasteiger partial charge in [0.15, 0.2) is 5.11 Å². The lowest BCUT2D eigenvalue weighted by atomic mass is 9.96. The lowest BCUT2D eigenvalue weighted by molar-refractivity contribution is 0.242. The third-order valence-electron chi connectivity index (χ3n) is 6.98. The van der Waals surface area contributed by atoms with Crippen molar-refractivity contribution in [1.29, 1.82) is 0 Å². The van der Waals surface area contributed by atoms with Crippen LogP contribution < -0.4 is 15.0 Å². The van der Waals surface area contributed by atoms with Gasteiger partial charge in [-0.05, 0) is 119 Å². The molecule has 1 N–H and O–H groups in total. The molecule has 190 valence electrons. The number of ether oxygens (including phenoxy) is 1. The molecule has 1 aliphatic heterocycles. The summed E-state index contributed by atoms with van der Waals surface area (Å²) in [7, 11) is 0. The minimum atomic E-state index is -0.0900. The van der Waals surface area contributed by atoms with Gasteiger partial charge in [-0.1, -0.05) is 18.2 Å². The van der Waals surface area contributed by atoms with Crippen molar-refractivity contribution in [3.8, 4) is 11.4 Å². The fraction of sp³-hybridized carbons (Fsp3) is 0.290. The molecule has 1 fully saturated rings. The van der Waals surface area contributed by atoms with Gasteiger partial charge in [0.1, 0.15) is 5.75 Å². The maximum atomic E-state index is 5.94. The Labute approximate surface area is 225 Å². The number of pyridine rings is 1. The SMILES string of the molecule is Cc1ccc(C)c(-n2c(C)cc([C@H]3[C@H](c4ccccn4)NC(=S)N3c3ccc(OC(C)C)cc3)c2C)c1. The Kier molecular flexibility index (Phi) is 6.78. The van der Waals surface area contributed by atoms with E-state index in [4.69, 9.17) is 21.9 Å².